The van der Waals surface area contributed by atoms with Crippen molar-refractivity contribution in [2.75, 3.05) is 25.5 Å². The van der Waals surface area contributed by atoms with Crippen LogP contribution in [0, 0.1) is 5.82 Å². The Morgan fingerprint density at radius 1 is 1.08 bits per heavy atom. The van der Waals surface area contributed by atoms with E-state index in [-0.39, 0.29) is 11.8 Å². The highest BCUT2D eigenvalue weighted by Gasteiger charge is 2.41. The van der Waals surface area contributed by atoms with Crippen molar-refractivity contribution in [1.29, 1.82) is 0 Å². The van der Waals surface area contributed by atoms with Gasteiger partial charge in [0.05, 0.1) is 11.1 Å². The number of anilines is 1. The summed E-state index contributed by atoms with van der Waals surface area (Å²) in [6.45, 7) is -0.513. The molecule has 7 nitrogen and oxygen atoms in total. The van der Waals surface area contributed by atoms with Crippen LogP contribution in [-0.4, -0.2) is 38.9 Å². The molecule has 2 aromatic rings. The first-order chi connectivity index (χ1) is 16.7. The molecule has 36 heavy (non-hydrogen) atoms. The number of rotatable bonds is 6. The molecule has 0 unspecified atom stereocenters. The van der Waals surface area contributed by atoms with E-state index in [2.05, 4.69) is 10.3 Å². The molecule has 0 aromatic heterocycles. The Labute approximate surface area is 200 Å². The molecule has 0 spiro atoms. The Balaban J connectivity index is 2.68. The van der Waals surface area contributed by atoms with Crippen molar-refractivity contribution in [3.8, 4) is 5.75 Å². The van der Waals surface area contributed by atoms with Gasteiger partial charge in [-0.2, -0.15) is 26.3 Å². The van der Waals surface area contributed by atoms with E-state index in [4.69, 9.17) is 10.5 Å². The van der Waals surface area contributed by atoms with Crippen LogP contribution in [0.2, 0.25) is 0 Å². The molecule has 0 saturated heterocycles. The molecule has 14 heteroatoms. The molecule has 194 valence electrons. The van der Waals surface area contributed by atoms with Gasteiger partial charge in [0.25, 0.3) is 0 Å². The molecular weight excluding hydrogens is 501 g/mol. The fourth-order valence-corrected chi connectivity index (χ4v) is 2.76. The van der Waals surface area contributed by atoms with Crippen molar-refractivity contribution in [1.82, 2.24) is 5.32 Å². The minimum atomic E-state index is -5.39. The second-order valence-electron chi connectivity index (χ2n) is 7.06. The molecule has 3 N–H and O–H groups in total. The summed E-state index contributed by atoms with van der Waals surface area (Å²) in [5, 5.41) is 2.22. The lowest BCUT2D eigenvalue weighted by molar-refractivity contribution is -0.143. The van der Waals surface area contributed by atoms with Gasteiger partial charge >= 0.3 is 18.4 Å². The summed E-state index contributed by atoms with van der Waals surface area (Å²) in [7, 11) is 2.38. The minimum absolute atomic E-state index is 0.0187. The predicted molar refractivity (Wildman–Crippen MR) is 117 cm³/mol. The van der Waals surface area contributed by atoms with Gasteiger partial charge in [-0.25, -0.2) is 9.18 Å². The lowest BCUT2D eigenvalue weighted by Crippen LogP contribution is -2.30. The number of nitrogens with two attached hydrogens (primary N) is 1. The molecule has 0 heterocycles. The van der Waals surface area contributed by atoms with Crippen LogP contribution in [0.1, 0.15) is 16.7 Å². The van der Waals surface area contributed by atoms with Crippen LogP contribution in [0.5, 0.6) is 5.75 Å². The first-order valence-corrected chi connectivity index (χ1v) is 9.85. The van der Waals surface area contributed by atoms with Crippen molar-refractivity contribution >= 4 is 29.5 Å². The normalized spacial score (nSPS) is 12.5. The number of benzene rings is 2. The third kappa shape index (κ3) is 6.96. The molecule has 0 aliphatic rings. The van der Waals surface area contributed by atoms with Gasteiger partial charge in [0, 0.05) is 43.3 Å². The van der Waals surface area contributed by atoms with Gasteiger partial charge in [0.2, 0.25) is 5.91 Å². The molecule has 0 fully saturated rings. The van der Waals surface area contributed by atoms with E-state index >= 15 is 0 Å². The maximum Gasteiger partial charge on any atom is 0.420 e. The van der Waals surface area contributed by atoms with Crippen molar-refractivity contribution in [2.24, 2.45) is 10.7 Å². The number of halogens is 7. The number of carbonyl (C=O) groups excluding carboxylic acids is 2. The van der Waals surface area contributed by atoms with Crippen LogP contribution in [0.25, 0.3) is 5.57 Å². The average molecular weight is 520 g/mol. The Bertz CT molecular complexity index is 1170. The molecule has 2 rings (SSSR count). The van der Waals surface area contributed by atoms with Crippen LogP contribution >= 0.6 is 0 Å². The number of amides is 2. The number of likely N-dealkylation sites (N-methyl/N-ethyl adjacent to an activating group) is 1. The molecule has 0 aliphatic heterocycles. The van der Waals surface area contributed by atoms with Crippen LogP contribution in [0.3, 0.4) is 0 Å². The quantitative estimate of drug-likeness (QED) is 0.429. The first kappa shape index (κ1) is 28.1. The van der Waals surface area contributed by atoms with Crippen molar-refractivity contribution in [3.63, 3.8) is 0 Å². The predicted octanol–water partition coefficient (Wildman–Crippen LogP) is 4.61. The number of alkyl halides is 6. The fraction of sp³-hybridized carbons (Fsp3) is 0.227. The van der Waals surface area contributed by atoms with E-state index in [0.717, 1.165) is 37.5 Å². The maximum absolute atomic E-state index is 13.8. The highest BCUT2D eigenvalue weighted by molar-refractivity contribution is 6.11. The summed E-state index contributed by atoms with van der Waals surface area (Å²) in [4.78, 5) is 28.4. The smallest absolute Gasteiger partial charge is 0.409 e. The van der Waals surface area contributed by atoms with Crippen molar-refractivity contribution in [2.45, 2.75) is 12.4 Å². The number of ether oxygens (including phenoxy) is 1. The lowest BCUT2D eigenvalue weighted by Gasteiger charge is -2.22. The van der Waals surface area contributed by atoms with Crippen LogP contribution in [0.4, 0.5) is 41.2 Å². The van der Waals surface area contributed by atoms with Crippen molar-refractivity contribution < 1.29 is 45.1 Å². The number of hydrogen-bond donors (Lipinski definition) is 2. The Hall–Kier alpha value is -4.10. The number of carbonyl (C=O) groups is 2. The van der Waals surface area contributed by atoms with E-state index in [1.165, 1.54) is 7.05 Å². The van der Waals surface area contributed by atoms with Gasteiger partial charge in [-0.1, -0.05) is 0 Å². The third-order valence-corrected chi connectivity index (χ3v) is 4.63. The van der Waals surface area contributed by atoms with Crippen LogP contribution < -0.4 is 20.7 Å². The van der Waals surface area contributed by atoms with Gasteiger partial charge in [-0.3, -0.25) is 14.7 Å². The van der Waals surface area contributed by atoms with E-state index in [1.54, 1.807) is 0 Å². The maximum atomic E-state index is 13.8. The monoisotopic (exact) mass is 520 g/mol. The number of aliphatic imine (C=N–C) groups is 1. The SMILES string of the molecule is CNC(=O)CN=CC(=CN)c1cc(C(F)(F)F)cc(C(F)(F)F)c1OC(=O)N(C)c1ccc(F)cc1. The van der Waals surface area contributed by atoms with Gasteiger partial charge in [0.1, 0.15) is 12.4 Å². The molecule has 0 aliphatic carbocycles. The average Bonchev–Trinajstić information content (AvgIpc) is 2.80. The highest BCUT2D eigenvalue weighted by atomic mass is 19.4. The fourth-order valence-electron chi connectivity index (χ4n) is 2.76. The van der Waals surface area contributed by atoms with E-state index < -0.39 is 64.7 Å². The third-order valence-electron chi connectivity index (χ3n) is 4.63. The summed E-state index contributed by atoms with van der Waals surface area (Å²) >= 11 is 0. The Morgan fingerprint density at radius 2 is 1.69 bits per heavy atom. The number of nitrogens with one attached hydrogen (secondary N) is 1. The van der Waals surface area contributed by atoms with E-state index in [9.17, 15) is 40.3 Å². The van der Waals surface area contributed by atoms with Gasteiger partial charge in [0.15, 0.2) is 5.75 Å². The second kappa shape index (κ2) is 11.1. The zero-order valence-electron chi connectivity index (χ0n) is 18.7. The molecule has 0 saturated carbocycles. The van der Waals surface area contributed by atoms with Gasteiger partial charge < -0.3 is 15.8 Å². The minimum Gasteiger partial charge on any atom is -0.409 e. The first-order valence-electron chi connectivity index (χ1n) is 9.85. The zero-order valence-corrected chi connectivity index (χ0v) is 18.7. The van der Waals surface area contributed by atoms with Crippen LogP contribution in [-0.2, 0) is 17.1 Å². The van der Waals surface area contributed by atoms with Crippen LogP contribution in [0.15, 0.2) is 47.6 Å². The molecule has 0 radical (unpaired) electrons. The highest BCUT2D eigenvalue weighted by Crippen LogP contribution is 2.44. The topological polar surface area (TPSA) is 97.0 Å². The molecule has 0 atom stereocenters. The molecular formula is C22H19F7N4O3. The van der Waals surface area contributed by atoms with Crippen molar-refractivity contribution in [3.05, 3.63) is 65.1 Å². The zero-order chi connectivity index (χ0) is 27.3. The number of nitrogens with zero attached hydrogens (tertiary/aromatic N) is 2. The Morgan fingerprint density at radius 3 is 2.19 bits per heavy atom. The standard InChI is InChI=1S/C22H19F7N4O3/c1-31-18(34)11-32-10-12(9-30)16-7-13(21(24,25)26)8-17(22(27,28)29)19(16)36-20(35)33(2)15-5-3-14(23)4-6-15/h3-10H,11,30H2,1-2H3,(H,31,34). The molecule has 2 aromatic carbocycles. The summed E-state index contributed by atoms with van der Waals surface area (Å²) in [6, 6.07) is 4.31. The molecule has 2 amide bonds. The number of hydrogen-bond acceptors (Lipinski definition) is 5. The van der Waals surface area contributed by atoms with E-state index in [0.29, 0.717) is 17.2 Å². The van der Waals surface area contributed by atoms with Gasteiger partial charge in [-0.15, -0.1) is 0 Å². The molecule has 0 bridgehead atoms. The Kier molecular flexibility index (Phi) is 8.67. The summed E-state index contributed by atoms with van der Waals surface area (Å²) in [6.07, 6.45) is -10.6. The summed E-state index contributed by atoms with van der Waals surface area (Å²) in [5.74, 6) is -2.54. The lowest BCUT2D eigenvalue weighted by atomic mass is 9.98. The van der Waals surface area contributed by atoms with E-state index in [1.807, 2.05) is 0 Å². The summed E-state index contributed by atoms with van der Waals surface area (Å²) in [5.41, 5.74) is 0.487. The summed E-state index contributed by atoms with van der Waals surface area (Å²) < 4.78 is 99.9. The van der Waals surface area contributed by atoms with Gasteiger partial charge in [-0.05, 0) is 36.4 Å². The second-order valence-corrected chi connectivity index (χ2v) is 7.06. The largest absolute Gasteiger partial charge is 0.420 e. The number of allylic oxidation sites excluding steroid dienone is 1.